The first-order valence-electron chi connectivity index (χ1n) is 7.18. The number of nitrogens with one attached hydrogen (secondary N) is 1. The molecule has 1 aliphatic rings. The topological polar surface area (TPSA) is 49.4 Å². The quantitative estimate of drug-likeness (QED) is 0.946. The van der Waals surface area contributed by atoms with Crippen LogP contribution in [0.2, 0.25) is 0 Å². The molecular formula is C18H15FN2O2. The molecule has 116 valence electrons. The van der Waals surface area contributed by atoms with Crippen LogP contribution in [-0.4, -0.2) is 22.8 Å². The van der Waals surface area contributed by atoms with Crippen molar-refractivity contribution in [2.75, 3.05) is 5.32 Å². The Balaban J connectivity index is 1.83. The van der Waals surface area contributed by atoms with Gasteiger partial charge < -0.3 is 5.32 Å². The largest absolute Gasteiger partial charge is 0.322 e. The van der Waals surface area contributed by atoms with Crippen LogP contribution >= 0.6 is 0 Å². The second kappa shape index (κ2) is 5.68. The van der Waals surface area contributed by atoms with Crippen molar-refractivity contribution in [1.29, 1.82) is 0 Å². The Morgan fingerprint density at radius 1 is 1.13 bits per heavy atom. The van der Waals surface area contributed by atoms with Gasteiger partial charge in [0.1, 0.15) is 11.9 Å². The van der Waals surface area contributed by atoms with Crippen LogP contribution in [0.4, 0.5) is 10.1 Å². The summed E-state index contributed by atoms with van der Waals surface area (Å²) >= 11 is 0. The van der Waals surface area contributed by atoms with Gasteiger partial charge in [0, 0.05) is 16.8 Å². The molecule has 0 fully saturated rings. The van der Waals surface area contributed by atoms with Gasteiger partial charge in [0.2, 0.25) is 5.91 Å². The molecule has 2 aromatic rings. The number of carbonyl (C=O) groups excluding carboxylic acids is 2. The summed E-state index contributed by atoms with van der Waals surface area (Å²) < 4.78 is 13.6. The Hall–Kier alpha value is -2.95. The third-order valence-corrected chi connectivity index (χ3v) is 3.88. The second-order valence-electron chi connectivity index (χ2n) is 5.31. The van der Waals surface area contributed by atoms with Crippen molar-refractivity contribution < 1.29 is 14.0 Å². The van der Waals surface area contributed by atoms with Gasteiger partial charge in [-0.2, -0.15) is 0 Å². The number of anilines is 1. The molecule has 23 heavy (non-hydrogen) atoms. The van der Waals surface area contributed by atoms with Crippen molar-refractivity contribution in [3.05, 3.63) is 72.1 Å². The molecular weight excluding hydrogens is 295 g/mol. The minimum atomic E-state index is -0.804. The Kier molecular flexibility index (Phi) is 3.70. The maximum absolute atomic E-state index is 13.6. The number of rotatable bonds is 3. The van der Waals surface area contributed by atoms with Crippen LogP contribution in [-0.2, 0) is 4.79 Å². The molecule has 1 unspecified atom stereocenters. The van der Waals surface area contributed by atoms with Crippen molar-refractivity contribution in [3.63, 3.8) is 0 Å². The Morgan fingerprint density at radius 2 is 1.74 bits per heavy atom. The predicted molar refractivity (Wildman–Crippen MR) is 86.1 cm³/mol. The Labute approximate surface area is 133 Å². The van der Waals surface area contributed by atoms with Crippen LogP contribution < -0.4 is 5.32 Å². The number of halogens is 1. The van der Waals surface area contributed by atoms with E-state index in [0.29, 0.717) is 16.8 Å². The fourth-order valence-electron chi connectivity index (χ4n) is 2.63. The fourth-order valence-corrected chi connectivity index (χ4v) is 2.63. The standard InChI is InChI=1S/C18H15FN2O2/c1-11-13-7-3-4-8-14(13)18(23)21(11)12(2)17(22)20-16-10-6-5-9-15(16)19/h3-10,12H,1H2,2H3,(H,20,22). The van der Waals surface area contributed by atoms with E-state index in [1.165, 1.54) is 23.1 Å². The monoisotopic (exact) mass is 310 g/mol. The zero-order valence-corrected chi connectivity index (χ0v) is 12.5. The molecule has 0 radical (unpaired) electrons. The van der Waals surface area contributed by atoms with Gasteiger partial charge in [0.25, 0.3) is 5.91 Å². The van der Waals surface area contributed by atoms with Gasteiger partial charge in [-0.1, -0.05) is 36.9 Å². The molecule has 0 saturated carbocycles. The van der Waals surface area contributed by atoms with Gasteiger partial charge in [-0.15, -0.1) is 0 Å². The highest BCUT2D eigenvalue weighted by Crippen LogP contribution is 2.33. The van der Waals surface area contributed by atoms with Crippen LogP contribution in [0.5, 0.6) is 0 Å². The van der Waals surface area contributed by atoms with Crippen molar-refractivity contribution in [3.8, 4) is 0 Å². The van der Waals surface area contributed by atoms with Crippen molar-refractivity contribution in [2.45, 2.75) is 13.0 Å². The van der Waals surface area contributed by atoms with Gasteiger partial charge in [-0.3, -0.25) is 14.5 Å². The van der Waals surface area contributed by atoms with Crippen molar-refractivity contribution >= 4 is 23.2 Å². The van der Waals surface area contributed by atoms with Gasteiger partial charge in [0.15, 0.2) is 0 Å². The number of fused-ring (bicyclic) bond motifs is 1. The lowest BCUT2D eigenvalue weighted by molar-refractivity contribution is -0.119. The van der Waals surface area contributed by atoms with Gasteiger partial charge in [-0.25, -0.2) is 4.39 Å². The number of nitrogens with zero attached hydrogens (tertiary/aromatic N) is 1. The summed E-state index contributed by atoms with van der Waals surface area (Å²) in [6.45, 7) is 5.49. The summed E-state index contributed by atoms with van der Waals surface area (Å²) in [4.78, 5) is 26.2. The number of para-hydroxylation sites is 1. The number of amides is 2. The second-order valence-corrected chi connectivity index (χ2v) is 5.31. The van der Waals surface area contributed by atoms with E-state index < -0.39 is 17.8 Å². The van der Waals surface area contributed by atoms with E-state index in [-0.39, 0.29) is 11.6 Å². The summed E-state index contributed by atoms with van der Waals surface area (Å²) in [7, 11) is 0. The highest BCUT2D eigenvalue weighted by Gasteiger charge is 2.36. The molecule has 1 N–H and O–H groups in total. The fraction of sp³-hybridized carbons (Fsp3) is 0.111. The van der Waals surface area contributed by atoms with E-state index in [1.807, 2.05) is 6.07 Å². The minimum Gasteiger partial charge on any atom is -0.322 e. The summed E-state index contributed by atoms with van der Waals surface area (Å²) in [6.07, 6.45) is 0. The van der Waals surface area contributed by atoms with E-state index in [4.69, 9.17) is 0 Å². The molecule has 1 aliphatic heterocycles. The average molecular weight is 310 g/mol. The molecule has 2 amide bonds. The molecule has 0 aromatic heterocycles. The van der Waals surface area contributed by atoms with Gasteiger partial charge in [-0.05, 0) is 25.1 Å². The molecule has 2 aromatic carbocycles. The third kappa shape index (κ3) is 2.50. The number of hydrogen-bond donors (Lipinski definition) is 1. The van der Waals surface area contributed by atoms with Gasteiger partial charge >= 0.3 is 0 Å². The lowest BCUT2D eigenvalue weighted by Crippen LogP contribution is -2.41. The zero-order valence-electron chi connectivity index (χ0n) is 12.5. The molecule has 0 saturated heterocycles. The predicted octanol–water partition coefficient (Wildman–Crippen LogP) is 3.28. The molecule has 0 spiro atoms. The normalized spacial score (nSPS) is 14.6. The van der Waals surface area contributed by atoms with E-state index in [0.717, 1.165) is 0 Å². The van der Waals surface area contributed by atoms with Gasteiger partial charge in [0.05, 0.1) is 5.69 Å². The molecule has 5 heteroatoms. The molecule has 0 aliphatic carbocycles. The molecule has 1 heterocycles. The highest BCUT2D eigenvalue weighted by molar-refractivity contribution is 6.11. The maximum atomic E-state index is 13.6. The molecule has 4 nitrogen and oxygen atoms in total. The molecule has 1 atom stereocenters. The highest BCUT2D eigenvalue weighted by atomic mass is 19.1. The van der Waals surface area contributed by atoms with Crippen LogP contribution in [0.1, 0.15) is 22.8 Å². The minimum absolute atomic E-state index is 0.0825. The van der Waals surface area contributed by atoms with Crippen LogP contribution in [0.3, 0.4) is 0 Å². The lowest BCUT2D eigenvalue weighted by Gasteiger charge is -2.24. The van der Waals surface area contributed by atoms with E-state index in [2.05, 4.69) is 11.9 Å². The SMILES string of the molecule is C=C1c2ccccc2C(=O)N1C(C)C(=O)Nc1ccccc1F. The summed E-state index contributed by atoms with van der Waals surface area (Å²) in [6, 6.07) is 12.1. The summed E-state index contributed by atoms with van der Waals surface area (Å²) in [5.74, 6) is -1.28. The van der Waals surface area contributed by atoms with E-state index in [1.54, 1.807) is 31.2 Å². The zero-order chi connectivity index (χ0) is 16.6. The van der Waals surface area contributed by atoms with Crippen molar-refractivity contribution in [2.24, 2.45) is 0 Å². The lowest BCUT2D eigenvalue weighted by atomic mass is 10.1. The van der Waals surface area contributed by atoms with Crippen LogP contribution in [0, 0.1) is 5.82 Å². The number of hydrogen-bond acceptors (Lipinski definition) is 2. The van der Waals surface area contributed by atoms with E-state index in [9.17, 15) is 14.0 Å². The van der Waals surface area contributed by atoms with Crippen LogP contribution in [0.25, 0.3) is 5.70 Å². The number of carbonyl (C=O) groups is 2. The molecule has 3 rings (SSSR count). The van der Waals surface area contributed by atoms with E-state index >= 15 is 0 Å². The summed E-state index contributed by atoms with van der Waals surface area (Å²) in [5, 5.41) is 2.51. The smallest absolute Gasteiger partial charge is 0.259 e. The van der Waals surface area contributed by atoms with Crippen molar-refractivity contribution in [1.82, 2.24) is 4.90 Å². The molecule has 0 bridgehead atoms. The average Bonchev–Trinajstić information content (AvgIpc) is 2.81. The van der Waals surface area contributed by atoms with Crippen LogP contribution in [0.15, 0.2) is 55.1 Å². The Bertz CT molecular complexity index is 781. The maximum Gasteiger partial charge on any atom is 0.259 e. The first-order valence-corrected chi connectivity index (χ1v) is 7.18. The third-order valence-electron chi connectivity index (χ3n) is 3.88. The summed E-state index contributed by atoms with van der Waals surface area (Å²) in [5.41, 5.74) is 1.78. The number of benzene rings is 2. The Morgan fingerprint density at radius 3 is 2.39 bits per heavy atom. The first-order chi connectivity index (χ1) is 11.0. The first kappa shape index (κ1) is 15.0.